The number of amides is 2. The Morgan fingerprint density at radius 2 is 1.95 bits per heavy atom. The van der Waals surface area contributed by atoms with Crippen LogP contribution in [0.3, 0.4) is 0 Å². The number of hydrogen-bond donors (Lipinski definition) is 3. The molecule has 9 nitrogen and oxygen atoms in total. The summed E-state index contributed by atoms with van der Waals surface area (Å²) >= 11 is 0. The number of rotatable bonds is 14. The molecule has 3 atom stereocenters. The number of carbonyl (C=O) groups is 2. The summed E-state index contributed by atoms with van der Waals surface area (Å²) in [5.74, 6) is 0.0500. The van der Waals surface area contributed by atoms with E-state index in [9.17, 15) is 14.7 Å². The van der Waals surface area contributed by atoms with Crippen molar-refractivity contribution >= 4 is 17.8 Å². The predicted molar refractivity (Wildman–Crippen MR) is 146 cm³/mol. The van der Waals surface area contributed by atoms with Crippen molar-refractivity contribution in [2.24, 2.45) is 0 Å². The van der Waals surface area contributed by atoms with Gasteiger partial charge in [0, 0.05) is 37.4 Å². The monoisotopic (exact) mass is 517 g/mol. The van der Waals surface area contributed by atoms with Crippen LogP contribution in [-0.4, -0.2) is 88.9 Å². The number of carboxylic acid groups (broad SMARTS) is 1. The number of likely N-dealkylation sites (tertiary alicyclic amines) is 1. The molecule has 1 fully saturated rings. The number of anilines is 1. The quantitative estimate of drug-likeness (QED) is 0.321. The molecule has 0 radical (unpaired) electrons. The van der Waals surface area contributed by atoms with E-state index in [0.717, 1.165) is 76.1 Å². The van der Waals surface area contributed by atoms with E-state index in [4.69, 9.17) is 9.72 Å². The number of nitrogens with one attached hydrogen (secondary N) is 2. The van der Waals surface area contributed by atoms with Gasteiger partial charge in [-0.15, -0.1) is 0 Å². The topological polar surface area (TPSA) is 107 Å². The summed E-state index contributed by atoms with van der Waals surface area (Å²) in [6.45, 7) is 11.8. The van der Waals surface area contributed by atoms with Gasteiger partial charge < -0.3 is 30.3 Å². The summed E-state index contributed by atoms with van der Waals surface area (Å²) < 4.78 is 5.76. The Hall–Kier alpha value is -2.39. The molecule has 2 aliphatic heterocycles. The van der Waals surface area contributed by atoms with Crippen LogP contribution in [0.2, 0.25) is 0 Å². The number of aliphatic carboxylic acids is 1. The molecule has 9 heteroatoms. The highest BCUT2D eigenvalue weighted by molar-refractivity contribution is 5.83. The standard InChI is InChI=1S/C28H47N5O4/c1-20(2)37-19-18-32(16-6-5-9-24-13-12-23-8-7-15-29-26(23)30-24)17-14-25(27(34)35)31-28(36)33-21(3)10-11-22(33)4/h12-13,20-22,25H,5-11,14-19H2,1-4H3,(H,29,30)(H,31,36)(H,34,35). The van der Waals surface area contributed by atoms with Crippen LogP contribution < -0.4 is 10.6 Å². The van der Waals surface area contributed by atoms with Gasteiger partial charge in [0.15, 0.2) is 0 Å². The van der Waals surface area contributed by atoms with E-state index in [1.165, 1.54) is 5.56 Å². The predicted octanol–water partition coefficient (Wildman–Crippen LogP) is 3.92. The second-order valence-corrected chi connectivity index (χ2v) is 10.9. The molecule has 37 heavy (non-hydrogen) atoms. The third-order valence-corrected chi connectivity index (χ3v) is 7.48. The number of pyridine rings is 1. The van der Waals surface area contributed by atoms with Gasteiger partial charge in [0.05, 0.1) is 12.7 Å². The first kappa shape index (κ1) is 29.2. The van der Waals surface area contributed by atoms with Crippen molar-refractivity contribution in [1.29, 1.82) is 0 Å². The Morgan fingerprint density at radius 1 is 1.19 bits per heavy atom. The lowest BCUT2D eigenvalue weighted by molar-refractivity contribution is -0.139. The zero-order chi connectivity index (χ0) is 26.8. The number of fused-ring (bicyclic) bond motifs is 1. The fourth-order valence-corrected chi connectivity index (χ4v) is 5.29. The summed E-state index contributed by atoms with van der Waals surface area (Å²) in [7, 11) is 0. The molecular formula is C28H47N5O4. The van der Waals surface area contributed by atoms with E-state index < -0.39 is 12.0 Å². The van der Waals surface area contributed by atoms with Crippen LogP contribution in [0.5, 0.6) is 0 Å². The molecule has 3 rings (SSSR count). The normalized spacial score (nSPS) is 20.1. The molecule has 208 valence electrons. The SMILES string of the molecule is CC(C)OCCN(CCCCc1ccc2c(n1)NCCC2)CCC(NC(=O)N1C(C)CCC1C)C(=O)O. The second-order valence-electron chi connectivity index (χ2n) is 10.9. The Kier molecular flexibility index (Phi) is 11.4. The van der Waals surface area contributed by atoms with E-state index in [1.807, 2.05) is 27.7 Å². The Morgan fingerprint density at radius 3 is 2.65 bits per heavy atom. The van der Waals surface area contributed by atoms with Crippen molar-refractivity contribution in [1.82, 2.24) is 20.1 Å². The van der Waals surface area contributed by atoms with Crippen LogP contribution in [-0.2, 0) is 22.4 Å². The molecule has 3 unspecified atom stereocenters. The number of nitrogens with zero attached hydrogens (tertiary/aromatic N) is 3. The highest BCUT2D eigenvalue weighted by Gasteiger charge is 2.33. The Bertz CT molecular complexity index is 870. The molecule has 0 spiro atoms. The van der Waals surface area contributed by atoms with Gasteiger partial charge in [-0.2, -0.15) is 0 Å². The fourth-order valence-electron chi connectivity index (χ4n) is 5.29. The summed E-state index contributed by atoms with van der Waals surface area (Å²) in [6, 6.07) is 3.43. The van der Waals surface area contributed by atoms with Gasteiger partial charge >= 0.3 is 12.0 Å². The van der Waals surface area contributed by atoms with Crippen molar-refractivity contribution in [3.8, 4) is 0 Å². The summed E-state index contributed by atoms with van der Waals surface area (Å²) in [6.07, 6.45) is 7.59. The third kappa shape index (κ3) is 9.14. The number of aromatic nitrogens is 1. The minimum absolute atomic E-state index is 0.134. The summed E-state index contributed by atoms with van der Waals surface area (Å²) in [5.41, 5.74) is 2.42. The van der Waals surface area contributed by atoms with Gasteiger partial charge in [0.2, 0.25) is 0 Å². The highest BCUT2D eigenvalue weighted by Crippen LogP contribution is 2.23. The first-order chi connectivity index (χ1) is 17.7. The zero-order valence-electron chi connectivity index (χ0n) is 23.2. The smallest absolute Gasteiger partial charge is 0.326 e. The number of carbonyl (C=O) groups excluding carboxylic acids is 1. The molecule has 1 saturated heterocycles. The first-order valence-electron chi connectivity index (χ1n) is 14.1. The van der Waals surface area contributed by atoms with Crippen LogP contribution in [0.1, 0.15) is 77.5 Å². The number of carboxylic acids is 1. The van der Waals surface area contributed by atoms with Gasteiger partial charge in [0.1, 0.15) is 11.9 Å². The molecule has 2 amide bonds. The molecule has 3 N–H and O–H groups in total. The van der Waals surface area contributed by atoms with Gasteiger partial charge in [-0.25, -0.2) is 14.6 Å². The lowest BCUT2D eigenvalue weighted by Crippen LogP contribution is -2.51. The van der Waals surface area contributed by atoms with E-state index in [2.05, 4.69) is 27.7 Å². The molecule has 1 aromatic rings. The molecular weight excluding hydrogens is 470 g/mol. The minimum atomic E-state index is -0.988. The van der Waals surface area contributed by atoms with Gasteiger partial charge in [-0.05, 0) is 97.2 Å². The van der Waals surface area contributed by atoms with Crippen LogP contribution in [0.15, 0.2) is 12.1 Å². The van der Waals surface area contributed by atoms with E-state index >= 15 is 0 Å². The number of aryl methyl sites for hydroxylation is 2. The van der Waals surface area contributed by atoms with Crippen molar-refractivity contribution in [2.75, 3.05) is 38.1 Å². The third-order valence-electron chi connectivity index (χ3n) is 7.48. The molecule has 0 aliphatic carbocycles. The van der Waals surface area contributed by atoms with Gasteiger partial charge in [-0.3, -0.25) is 0 Å². The van der Waals surface area contributed by atoms with Crippen LogP contribution in [0.4, 0.5) is 10.6 Å². The maximum Gasteiger partial charge on any atom is 0.326 e. The second kappa shape index (κ2) is 14.5. The number of urea groups is 1. The molecule has 0 bridgehead atoms. The van der Waals surface area contributed by atoms with Crippen molar-refractivity contribution in [3.05, 3.63) is 23.4 Å². The van der Waals surface area contributed by atoms with E-state index in [0.29, 0.717) is 19.6 Å². The van der Waals surface area contributed by atoms with E-state index in [1.54, 1.807) is 4.90 Å². The largest absolute Gasteiger partial charge is 0.480 e. The van der Waals surface area contributed by atoms with Gasteiger partial charge in [0.25, 0.3) is 0 Å². The van der Waals surface area contributed by atoms with Crippen molar-refractivity contribution in [2.45, 2.75) is 103 Å². The Labute approximate surface area is 222 Å². The fraction of sp³-hybridized carbons (Fsp3) is 0.750. The molecule has 2 aliphatic rings. The minimum Gasteiger partial charge on any atom is -0.480 e. The van der Waals surface area contributed by atoms with Gasteiger partial charge in [-0.1, -0.05) is 6.07 Å². The molecule has 3 heterocycles. The molecule has 1 aromatic heterocycles. The average Bonchev–Trinajstić information content (AvgIpc) is 3.20. The maximum absolute atomic E-state index is 12.8. The average molecular weight is 518 g/mol. The first-order valence-corrected chi connectivity index (χ1v) is 14.1. The van der Waals surface area contributed by atoms with Crippen molar-refractivity contribution in [3.63, 3.8) is 0 Å². The van der Waals surface area contributed by atoms with Crippen LogP contribution in [0.25, 0.3) is 0 Å². The number of hydrogen-bond acceptors (Lipinski definition) is 6. The maximum atomic E-state index is 12.8. The number of unbranched alkanes of at least 4 members (excludes halogenated alkanes) is 1. The Balaban J connectivity index is 1.49. The van der Waals surface area contributed by atoms with Crippen LogP contribution in [0, 0.1) is 0 Å². The van der Waals surface area contributed by atoms with Crippen LogP contribution >= 0.6 is 0 Å². The molecule has 0 aromatic carbocycles. The van der Waals surface area contributed by atoms with Crippen molar-refractivity contribution < 1.29 is 19.4 Å². The number of ether oxygens (including phenoxy) is 1. The molecule has 0 saturated carbocycles. The summed E-state index contributed by atoms with van der Waals surface area (Å²) in [5, 5.41) is 16.0. The summed E-state index contributed by atoms with van der Waals surface area (Å²) in [4.78, 5) is 33.6. The zero-order valence-corrected chi connectivity index (χ0v) is 23.2. The van der Waals surface area contributed by atoms with E-state index in [-0.39, 0.29) is 24.2 Å². The lowest BCUT2D eigenvalue weighted by atomic mass is 10.1. The highest BCUT2D eigenvalue weighted by atomic mass is 16.5. The lowest BCUT2D eigenvalue weighted by Gasteiger charge is -2.29.